The maximum absolute atomic E-state index is 13.5. The molecule has 13 N–H and O–H groups in total. The van der Waals surface area contributed by atoms with Crippen molar-refractivity contribution < 1.29 is 59.1 Å². The standard InChI is InChI=1S/C25H43N7O12/c26-8-2-1-4-14(28-20(38)13(27)6-7-19(36)37)24(42)32-9-3-5-18(32)23(41)30-16(11-34)21(39)29-15(10-33)22(40)31-17(12-35)25(43)44/h13-18,33-35H,1-12,26-27H2,(H,28,38)(H,29,39)(H,30,41)(H,31,40)(H,36,37)(H,43,44)/t13-,14-,15-,16-,17-,18-/m0/s1. The van der Waals surface area contributed by atoms with Crippen molar-refractivity contribution in [2.75, 3.05) is 32.9 Å². The number of rotatable bonds is 20. The van der Waals surface area contributed by atoms with Gasteiger partial charge in [0, 0.05) is 13.0 Å². The number of aliphatic hydroxyl groups excluding tert-OH is 3. The van der Waals surface area contributed by atoms with Crippen molar-refractivity contribution >= 4 is 41.5 Å². The second-order valence-electron chi connectivity index (χ2n) is 10.1. The van der Waals surface area contributed by atoms with Gasteiger partial charge in [-0.05, 0) is 45.1 Å². The first-order valence-corrected chi connectivity index (χ1v) is 14.1. The molecule has 0 spiro atoms. The highest BCUT2D eigenvalue weighted by Gasteiger charge is 2.39. The van der Waals surface area contributed by atoms with Gasteiger partial charge < -0.3 is 63.2 Å². The molecule has 1 saturated heterocycles. The van der Waals surface area contributed by atoms with Crippen LogP contribution in [-0.2, 0) is 33.6 Å². The first-order valence-electron chi connectivity index (χ1n) is 14.1. The molecule has 5 amide bonds. The number of carbonyl (C=O) groups excluding carboxylic acids is 5. The van der Waals surface area contributed by atoms with Crippen LogP contribution >= 0.6 is 0 Å². The Balaban J connectivity index is 2.96. The molecule has 19 nitrogen and oxygen atoms in total. The molecule has 44 heavy (non-hydrogen) atoms. The molecule has 0 bridgehead atoms. The molecule has 6 atom stereocenters. The molecule has 0 aromatic carbocycles. The Labute approximate surface area is 252 Å². The zero-order valence-electron chi connectivity index (χ0n) is 24.1. The number of carboxylic acid groups (broad SMARTS) is 2. The molecule has 0 saturated carbocycles. The van der Waals surface area contributed by atoms with Crippen LogP contribution < -0.4 is 32.7 Å². The van der Waals surface area contributed by atoms with Crippen molar-refractivity contribution in [2.45, 2.75) is 81.2 Å². The number of unbranched alkanes of at least 4 members (excludes halogenated alkanes) is 1. The number of likely N-dealkylation sites (tertiary alicyclic amines) is 1. The monoisotopic (exact) mass is 633 g/mol. The number of carboxylic acids is 2. The average molecular weight is 634 g/mol. The minimum absolute atomic E-state index is 0.129. The zero-order valence-corrected chi connectivity index (χ0v) is 24.1. The van der Waals surface area contributed by atoms with Crippen molar-refractivity contribution in [3.8, 4) is 0 Å². The van der Waals surface area contributed by atoms with Gasteiger partial charge in [-0.25, -0.2) is 4.79 Å². The summed E-state index contributed by atoms with van der Waals surface area (Å²) in [4.78, 5) is 87.3. The molecule has 250 valence electrons. The van der Waals surface area contributed by atoms with Gasteiger partial charge in [0.15, 0.2) is 0 Å². The summed E-state index contributed by atoms with van der Waals surface area (Å²) >= 11 is 0. The fourth-order valence-electron chi connectivity index (χ4n) is 4.33. The second-order valence-corrected chi connectivity index (χ2v) is 10.1. The lowest BCUT2D eigenvalue weighted by molar-refractivity contribution is -0.144. The predicted molar refractivity (Wildman–Crippen MR) is 149 cm³/mol. The largest absolute Gasteiger partial charge is 0.481 e. The van der Waals surface area contributed by atoms with Gasteiger partial charge in [-0.1, -0.05) is 0 Å². The fraction of sp³-hybridized carbons (Fsp3) is 0.720. The van der Waals surface area contributed by atoms with E-state index in [2.05, 4.69) is 16.0 Å². The van der Waals surface area contributed by atoms with E-state index in [1.54, 1.807) is 0 Å². The second kappa shape index (κ2) is 19.4. The maximum Gasteiger partial charge on any atom is 0.328 e. The van der Waals surface area contributed by atoms with Gasteiger partial charge in [0.25, 0.3) is 0 Å². The van der Waals surface area contributed by atoms with E-state index in [0.717, 1.165) is 0 Å². The third-order valence-electron chi connectivity index (χ3n) is 6.83. The van der Waals surface area contributed by atoms with E-state index in [1.807, 2.05) is 5.32 Å². The Bertz CT molecular complexity index is 1030. The summed E-state index contributed by atoms with van der Waals surface area (Å²) in [5.74, 6) is -7.16. The number of nitrogens with one attached hydrogen (secondary N) is 4. The number of amides is 5. The molecular weight excluding hydrogens is 590 g/mol. The topological polar surface area (TPSA) is 324 Å². The smallest absolute Gasteiger partial charge is 0.328 e. The van der Waals surface area contributed by atoms with Gasteiger partial charge in [0.1, 0.15) is 30.2 Å². The van der Waals surface area contributed by atoms with Gasteiger partial charge in [-0.2, -0.15) is 0 Å². The van der Waals surface area contributed by atoms with Crippen molar-refractivity contribution in [1.29, 1.82) is 0 Å². The summed E-state index contributed by atoms with van der Waals surface area (Å²) < 4.78 is 0. The Morgan fingerprint density at radius 1 is 0.750 bits per heavy atom. The highest BCUT2D eigenvalue weighted by Crippen LogP contribution is 2.20. The number of hydrogen-bond acceptors (Lipinski definition) is 12. The van der Waals surface area contributed by atoms with Gasteiger partial charge in [-0.15, -0.1) is 0 Å². The Morgan fingerprint density at radius 3 is 1.82 bits per heavy atom. The van der Waals surface area contributed by atoms with E-state index in [0.29, 0.717) is 25.8 Å². The van der Waals surface area contributed by atoms with Crippen LogP contribution in [0.2, 0.25) is 0 Å². The molecule has 1 aliphatic heterocycles. The number of hydrogen-bond donors (Lipinski definition) is 11. The molecule has 1 rings (SSSR count). The van der Waals surface area contributed by atoms with Crippen LogP contribution in [0.5, 0.6) is 0 Å². The van der Waals surface area contributed by atoms with E-state index in [9.17, 15) is 43.8 Å². The minimum Gasteiger partial charge on any atom is -0.481 e. The molecule has 0 radical (unpaired) electrons. The number of carbonyl (C=O) groups is 7. The van der Waals surface area contributed by atoms with Crippen LogP contribution in [0, 0.1) is 0 Å². The Hall–Kier alpha value is -3.91. The lowest BCUT2D eigenvalue weighted by atomic mass is 10.1. The molecule has 19 heteroatoms. The summed E-state index contributed by atoms with van der Waals surface area (Å²) in [7, 11) is 0. The van der Waals surface area contributed by atoms with Gasteiger partial charge in [0.2, 0.25) is 29.5 Å². The predicted octanol–water partition coefficient (Wildman–Crippen LogP) is -5.70. The van der Waals surface area contributed by atoms with Gasteiger partial charge in [0.05, 0.1) is 25.9 Å². The molecular formula is C25H43N7O12. The van der Waals surface area contributed by atoms with Crippen LogP contribution in [0.1, 0.15) is 44.9 Å². The number of nitrogens with two attached hydrogens (primary N) is 2. The van der Waals surface area contributed by atoms with Crippen molar-refractivity contribution in [3.63, 3.8) is 0 Å². The third kappa shape index (κ3) is 12.0. The Morgan fingerprint density at radius 2 is 1.30 bits per heavy atom. The molecule has 0 aromatic heterocycles. The lowest BCUT2D eigenvalue weighted by Gasteiger charge is -2.30. The first-order chi connectivity index (χ1) is 20.8. The normalized spacial score (nSPS) is 17.8. The quantitative estimate of drug-likeness (QED) is 0.0557. The first kappa shape index (κ1) is 38.1. The van der Waals surface area contributed by atoms with Crippen LogP contribution in [-0.4, -0.2) is 141 Å². The summed E-state index contributed by atoms with van der Waals surface area (Å²) in [6.07, 6.45) is 1.19. The highest BCUT2D eigenvalue weighted by molar-refractivity contribution is 5.96. The molecule has 1 heterocycles. The lowest BCUT2D eigenvalue weighted by Crippen LogP contribution is -2.60. The maximum atomic E-state index is 13.5. The average Bonchev–Trinajstić information content (AvgIpc) is 3.48. The number of aliphatic carboxylic acids is 2. The molecule has 0 aliphatic carbocycles. The molecule has 1 fully saturated rings. The minimum atomic E-state index is -1.71. The van der Waals surface area contributed by atoms with E-state index < -0.39 is 97.5 Å². The van der Waals surface area contributed by atoms with E-state index in [4.69, 9.17) is 26.8 Å². The van der Waals surface area contributed by atoms with Crippen LogP contribution in [0.25, 0.3) is 0 Å². The summed E-state index contributed by atoms with van der Waals surface area (Å²) in [6, 6.07) is -8.43. The molecule has 0 aromatic rings. The van der Waals surface area contributed by atoms with Crippen molar-refractivity contribution in [1.82, 2.24) is 26.2 Å². The summed E-state index contributed by atoms with van der Waals surface area (Å²) in [6.45, 7) is -2.44. The van der Waals surface area contributed by atoms with E-state index in [1.165, 1.54) is 4.90 Å². The van der Waals surface area contributed by atoms with Gasteiger partial charge >= 0.3 is 11.9 Å². The van der Waals surface area contributed by atoms with Crippen LogP contribution in [0.4, 0.5) is 0 Å². The summed E-state index contributed by atoms with van der Waals surface area (Å²) in [5.41, 5.74) is 11.3. The summed E-state index contributed by atoms with van der Waals surface area (Å²) in [5, 5.41) is 54.9. The van der Waals surface area contributed by atoms with Crippen molar-refractivity contribution in [2.24, 2.45) is 11.5 Å². The zero-order chi connectivity index (χ0) is 33.4. The number of nitrogens with zero attached hydrogens (tertiary/aromatic N) is 1. The third-order valence-corrected chi connectivity index (χ3v) is 6.83. The van der Waals surface area contributed by atoms with Crippen LogP contribution in [0.3, 0.4) is 0 Å². The number of aliphatic hydroxyl groups is 3. The van der Waals surface area contributed by atoms with Crippen LogP contribution in [0.15, 0.2) is 0 Å². The fourth-order valence-corrected chi connectivity index (χ4v) is 4.33. The molecule has 1 aliphatic rings. The Kier molecular flexibility index (Phi) is 16.8. The SMILES string of the molecule is NCCCC[C@H](NC(=O)[C@@H](N)CCC(=O)O)C(=O)N1CCC[C@H]1C(=O)N[C@@H](CO)C(=O)N[C@@H](CO)C(=O)N[C@@H](CO)C(=O)O. The highest BCUT2D eigenvalue weighted by atomic mass is 16.4. The van der Waals surface area contributed by atoms with Crippen molar-refractivity contribution in [3.05, 3.63) is 0 Å². The van der Waals surface area contributed by atoms with E-state index in [-0.39, 0.29) is 32.2 Å². The molecule has 0 unspecified atom stereocenters. The van der Waals surface area contributed by atoms with Gasteiger partial charge in [-0.3, -0.25) is 28.8 Å². The van der Waals surface area contributed by atoms with E-state index >= 15 is 0 Å².